The molecule has 1 saturated heterocycles. The molecule has 0 spiro atoms. The Morgan fingerprint density at radius 1 is 1.65 bits per heavy atom. The molecule has 2 heterocycles. The lowest BCUT2D eigenvalue weighted by molar-refractivity contribution is -0.121. The standard InChI is InChI=1S/C13H20N2OS/c1-10(7-11-4-6-17-9-11)15-12-3-2-5-14-13(16)8-12/h4,6,9-10,12,15H,2-3,5,7-8H2,1H3,(H,14,16). The predicted octanol–water partition coefficient (Wildman–Crippen LogP) is 1.94. The van der Waals surface area contributed by atoms with Crippen LogP contribution in [0.5, 0.6) is 0 Å². The van der Waals surface area contributed by atoms with Crippen LogP contribution < -0.4 is 10.6 Å². The van der Waals surface area contributed by atoms with Gasteiger partial charge in [-0.05, 0) is 48.6 Å². The smallest absolute Gasteiger partial charge is 0.221 e. The van der Waals surface area contributed by atoms with Gasteiger partial charge in [0, 0.05) is 25.0 Å². The van der Waals surface area contributed by atoms with Crippen molar-refractivity contribution in [3.05, 3.63) is 22.4 Å². The maximum absolute atomic E-state index is 11.4. The molecule has 2 N–H and O–H groups in total. The van der Waals surface area contributed by atoms with E-state index in [1.807, 2.05) is 0 Å². The van der Waals surface area contributed by atoms with E-state index in [9.17, 15) is 4.79 Å². The third-order valence-electron chi connectivity index (χ3n) is 3.13. The maximum atomic E-state index is 11.4. The van der Waals surface area contributed by atoms with Gasteiger partial charge in [-0.15, -0.1) is 0 Å². The topological polar surface area (TPSA) is 41.1 Å². The number of carbonyl (C=O) groups excluding carboxylic acids is 1. The first kappa shape index (κ1) is 12.6. The molecule has 0 bridgehead atoms. The van der Waals surface area contributed by atoms with E-state index in [1.165, 1.54) is 5.56 Å². The summed E-state index contributed by atoms with van der Waals surface area (Å²) in [4.78, 5) is 11.4. The number of nitrogens with one attached hydrogen (secondary N) is 2. The number of thiophene rings is 1. The van der Waals surface area contributed by atoms with Gasteiger partial charge >= 0.3 is 0 Å². The van der Waals surface area contributed by atoms with Crippen LogP contribution in [0.3, 0.4) is 0 Å². The highest BCUT2D eigenvalue weighted by molar-refractivity contribution is 7.07. The van der Waals surface area contributed by atoms with Gasteiger partial charge in [0.25, 0.3) is 0 Å². The molecule has 3 nitrogen and oxygen atoms in total. The van der Waals surface area contributed by atoms with Crippen LogP contribution in [-0.2, 0) is 11.2 Å². The molecule has 2 rings (SSSR count). The Morgan fingerprint density at radius 2 is 2.53 bits per heavy atom. The largest absolute Gasteiger partial charge is 0.356 e. The SMILES string of the molecule is CC(Cc1ccsc1)NC1CCCNC(=O)C1. The van der Waals surface area contributed by atoms with Crippen LogP contribution in [0.25, 0.3) is 0 Å². The van der Waals surface area contributed by atoms with Gasteiger partial charge in [-0.2, -0.15) is 11.3 Å². The summed E-state index contributed by atoms with van der Waals surface area (Å²) in [6, 6.07) is 2.94. The van der Waals surface area contributed by atoms with E-state index in [0.29, 0.717) is 18.5 Å². The van der Waals surface area contributed by atoms with Gasteiger partial charge in [0.15, 0.2) is 0 Å². The van der Waals surface area contributed by atoms with Crippen molar-refractivity contribution in [3.63, 3.8) is 0 Å². The fourth-order valence-electron chi connectivity index (χ4n) is 2.34. The van der Waals surface area contributed by atoms with Crippen molar-refractivity contribution in [2.24, 2.45) is 0 Å². The minimum Gasteiger partial charge on any atom is -0.356 e. The Morgan fingerprint density at radius 3 is 3.29 bits per heavy atom. The predicted molar refractivity (Wildman–Crippen MR) is 71.3 cm³/mol. The molecule has 1 fully saturated rings. The Labute approximate surface area is 107 Å². The number of rotatable bonds is 4. The molecule has 1 aliphatic rings. The Balaban J connectivity index is 1.80. The van der Waals surface area contributed by atoms with E-state index in [2.05, 4.69) is 34.4 Å². The molecule has 2 unspecified atom stereocenters. The molecular formula is C13H20N2OS. The lowest BCUT2D eigenvalue weighted by atomic mass is 10.1. The van der Waals surface area contributed by atoms with Gasteiger partial charge in [-0.3, -0.25) is 4.79 Å². The zero-order chi connectivity index (χ0) is 12.1. The van der Waals surface area contributed by atoms with Crippen molar-refractivity contribution in [2.75, 3.05) is 6.54 Å². The van der Waals surface area contributed by atoms with Crippen molar-refractivity contribution < 1.29 is 4.79 Å². The molecule has 1 aromatic rings. The second kappa shape index (κ2) is 6.17. The van der Waals surface area contributed by atoms with Crippen molar-refractivity contribution in [2.45, 2.75) is 44.7 Å². The highest BCUT2D eigenvalue weighted by Crippen LogP contribution is 2.11. The molecule has 0 aromatic carbocycles. The van der Waals surface area contributed by atoms with E-state index in [4.69, 9.17) is 0 Å². The molecule has 0 aliphatic carbocycles. The van der Waals surface area contributed by atoms with Gasteiger partial charge in [-0.1, -0.05) is 0 Å². The monoisotopic (exact) mass is 252 g/mol. The third kappa shape index (κ3) is 4.13. The summed E-state index contributed by atoms with van der Waals surface area (Å²) < 4.78 is 0. The third-order valence-corrected chi connectivity index (χ3v) is 3.86. The molecule has 1 aliphatic heterocycles. The second-order valence-corrected chi connectivity index (χ2v) is 5.58. The van der Waals surface area contributed by atoms with Crippen molar-refractivity contribution in [1.82, 2.24) is 10.6 Å². The molecule has 94 valence electrons. The first-order valence-electron chi connectivity index (χ1n) is 6.28. The Hall–Kier alpha value is -0.870. The summed E-state index contributed by atoms with van der Waals surface area (Å²) in [6.45, 7) is 3.02. The van der Waals surface area contributed by atoms with Gasteiger partial charge in [-0.25, -0.2) is 0 Å². The average molecular weight is 252 g/mol. The average Bonchev–Trinajstić information content (AvgIpc) is 2.68. The summed E-state index contributed by atoms with van der Waals surface area (Å²) in [5.74, 6) is 0.183. The molecule has 1 aromatic heterocycles. The minimum atomic E-state index is 0.183. The van der Waals surface area contributed by atoms with Crippen molar-refractivity contribution >= 4 is 17.2 Å². The quantitative estimate of drug-likeness (QED) is 0.860. The van der Waals surface area contributed by atoms with Gasteiger partial charge in [0.2, 0.25) is 5.91 Å². The number of carbonyl (C=O) groups is 1. The molecule has 2 atom stereocenters. The summed E-state index contributed by atoms with van der Waals surface area (Å²) in [6.07, 6.45) is 3.83. The first-order chi connectivity index (χ1) is 8.24. The zero-order valence-corrected chi connectivity index (χ0v) is 11.1. The van der Waals surface area contributed by atoms with Crippen LogP contribution in [0, 0.1) is 0 Å². The minimum absolute atomic E-state index is 0.183. The summed E-state index contributed by atoms with van der Waals surface area (Å²) in [5.41, 5.74) is 1.38. The Bertz CT molecular complexity index is 350. The molecule has 4 heteroatoms. The summed E-state index contributed by atoms with van der Waals surface area (Å²) in [7, 11) is 0. The second-order valence-electron chi connectivity index (χ2n) is 4.80. The Kier molecular flexibility index (Phi) is 4.57. The lowest BCUT2D eigenvalue weighted by Gasteiger charge is -2.20. The molecule has 0 radical (unpaired) electrons. The number of amides is 1. The fourth-order valence-corrected chi connectivity index (χ4v) is 3.02. The fraction of sp³-hybridized carbons (Fsp3) is 0.615. The molecule has 17 heavy (non-hydrogen) atoms. The normalized spacial score (nSPS) is 22.9. The van der Waals surface area contributed by atoms with Crippen molar-refractivity contribution in [1.29, 1.82) is 0 Å². The molecule has 1 amide bonds. The van der Waals surface area contributed by atoms with Gasteiger partial charge in [0.05, 0.1) is 0 Å². The van der Waals surface area contributed by atoms with Crippen LogP contribution in [0.15, 0.2) is 16.8 Å². The van der Waals surface area contributed by atoms with Crippen LogP contribution in [0.4, 0.5) is 0 Å². The highest BCUT2D eigenvalue weighted by Gasteiger charge is 2.18. The van der Waals surface area contributed by atoms with E-state index < -0.39 is 0 Å². The van der Waals surface area contributed by atoms with Gasteiger partial charge < -0.3 is 10.6 Å². The van der Waals surface area contributed by atoms with Crippen LogP contribution in [-0.4, -0.2) is 24.5 Å². The lowest BCUT2D eigenvalue weighted by Crippen LogP contribution is -2.39. The van der Waals surface area contributed by atoms with E-state index >= 15 is 0 Å². The van der Waals surface area contributed by atoms with Crippen molar-refractivity contribution in [3.8, 4) is 0 Å². The van der Waals surface area contributed by atoms with E-state index in [0.717, 1.165) is 25.8 Å². The zero-order valence-electron chi connectivity index (χ0n) is 10.2. The van der Waals surface area contributed by atoms with Crippen LogP contribution in [0.2, 0.25) is 0 Å². The van der Waals surface area contributed by atoms with Crippen LogP contribution >= 0.6 is 11.3 Å². The van der Waals surface area contributed by atoms with Crippen LogP contribution in [0.1, 0.15) is 31.7 Å². The summed E-state index contributed by atoms with van der Waals surface area (Å²) >= 11 is 1.74. The first-order valence-corrected chi connectivity index (χ1v) is 7.22. The van der Waals surface area contributed by atoms with E-state index in [1.54, 1.807) is 11.3 Å². The summed E-state index contributed by atoms with van der Waals surface area (Å²) in [5, 5.41) is 10.8. The van der Waals surface area contributed by atoms with E-state index in [-0.39, 0.29) is 5.91 Å². The maximum Gasteiger partial charge on any atom is 0.221 e. The molecular weight excluding hydrogens is 232 g/mol. The number of hydrogen-bond acceptors (Lipinski definition) is 3. The van der Waals surface area contributed by atoms with Gasteiger partial charge in [0.1, 0.15) is 0 Å². The molecule has 0 saturated carbocycles. The highest BCUT2D eigenvalue weighted by atomic mass is 32.1. The number of hydrogen-bond donors (Lipinski definition) is 2.